The molecule has 12 heteroatoms. The summed E-state index contributed by atoms with van der Waals surface area (Å²) in [4.78, 5) is 3.82. The van der Waals surface area contributed by atoms with Crippen LogP contribution >= 0.6 is 11.6 Å². The van der Waals surface area contributed by atoms with E-state index in [1.807, 2.05) is 47.4 Å². The zero-order chi connectivity index (χ0) is 31.1. The molecule has 0 amide bonds. The van der Waals surface area contributed by atoms with Crippen LogP contribution in [0.25, 0.3) is 0 Å². The smallest absolute Gasteiger partial charge is 0.406 e. The third-order valence-electron chi connectivity index (χ3n) is 7.98. The van der Waals surface area contributed by atoms with Gasteiger partial charge in [0.25, 0.3) is 0 Å². The van der Waals surface area contributed by atoms with Crippen LogP contribution in [0.4, 0.5) is 30.2 Å². The number of aliphatic hydroxyl groups is 1. The first-order chi connectivity index (χ1) is 21.0. The van der Waals surface area contributed by atoms with Gasteiger partial charge in [0.05, 0.1) is 23.1 Å². The van der Waals surface area contributed by atoms with Crippen molar-refractivity contribution < 1.29 is 31.4 Å². The number of ether oxygens (including phenoxy) is 1. The van der Waals surface area contributed by atoms with Gasteiger partial charge in [-0.1, -0.05) is 54.1 Å². The highest BCUT2D eigenvalue weighted by Crippen LogP contribution is 2.40. The van der Waals surface area contributed by atoms with E-state index in [2.05, 4.69) is 26.5 Å². The van der Waals surface area contributed by atoms with Crippen LogP contribution in [0.5, 0.6) is 5.75 Å². The molecular formula is C32H29ClF3N3O4S. The first kappa shape index (κ1) is 30.3. The monoisotopic (exact) mass is 643 g/mol. The van der Waals surface area contributed by atoms with Crippen LogP contribution in [0, 0.1) is 0 Å². The van der Waals surface area contributed by atoms with Crippen LogP contribution < -0.4 is 19.3 Å². The Labute approximate surface area is 258 Å². The number of fused-ring (bicyclic) bond motifs is 2. The number of sulfonamides is 1. The summed E-state index contributed by atoms with van der Waals surface area (Å²) in [6, 6.07) is 25.5. The fraction of sp³-hybridized carbons (Fsp3) is 0.250. The van der Waals surface area contributed by atoms with Gasteiger partial charge < -0.3 is 19.6 Å². The number of alkyl halides is 3. The van der Waals surface area contributed by atoms with Gasteiger partial charge in [0.1, 0.15) is 5.75 Å². The summed E-state index contributed by atoms with van der Waals surface area (Å²) in [5, 5.41) is 12.5. The van der Waals surface area contributed by atoms with E-state index < -0.39 is 40.3 Å². The Morgan fingerprint density at radius 1 is 0.841 bits per heavy atom. The van der Waals surface area contributed by atoms with E-state index in [9.17, 15) is 26.7 Å². The highest BCUT2D eigenvalue weighted by Gasteiger charge is 2.43. The molecule has 7 nitrogen and oxygen atoms in total. The van der Waals surface area contributed by atoms with Gasteiger partial charge in [-0.05, 0) is 78.6 Å². The predicted octanol–water partition coefficient (Wildman–Crippen LogP) is 6.07. The summed E-state index contributed by atoms with van der Waals surface area (Å²) in [5.41, 5.74) is 4.82. The molecule has 1 fully saturated rings. The number of nitrogens with zero attached hydrogens (tertiary/aromatic N) is 2. The molecule has 2 aliphatic rings. The third-order valence-corrected chi connectivity index (χ3v) is 9.72. The molecule has 0 aromatic heterocycles. The fourth-order valence-corrected chi connectivity index (χ4v) is 7.43. The molecule has 2 N–H and O–H groups in total. The number of aryl methyl sites for hydroxylation is 2. The largest absolute Gasteiger partial charge is 0.573 e. The van der Waals surface area contributed by atoms with E-state index in [0.717, 1.165) is 65.3 Å². The van der Waals surface area contributed by atoms with E-state index in [1.54, 1.807) is 18.2 Å². The van der Waals surface area contributed by atoms with Gasteiger partial charge in [0.2, 0.25) is 10.0 Å². The molecule has 0 aliphatic carbocycles. The van der Waals surface area contributed by atoms with Crippen molar-refractivity contribution in [3.8, 4) is 5.75 Å². The summed E-state index contributed by atoms with van der Waals surface area (Å²) >= 11 is 6.33. The number of halogens is 4. The molecular weight excluding hydrogens is 615 g/mol. The van der Waals surface area contributed by atoms with Crippen molar-refractivity contribution in [3.05, 3.63) is 113 Å². The Balaban J connectivity index is 1.39. The van der Waals surface area contributed by atoms with E-state index in [0.29, 0.717) is 11.6 Å². The topological polar surface area (TPSA) is 82.1 Å². The summed E-state index contributed by atoms with van der Waals surface area (Å²) in [7, 11) is -4.27. The summed E-state index contributed by atoms with van der Waals surface area (Å²) < 4.78 is 71.5. The molecule has 0 radical (unpaired) electrons. The van der Waals surface area contributed by atoms with Crippen LogP contribution in [0.15, 0.2) is 102 Å². The molecule has 1 unspecified atom stereocenters. The van der Waals surface area contributed by atoms with E-state index in [4.69, 9.17) is 11.6 Å². The fourth-order valence-electron chi connectivity index (χ4n) is 6.01. The highest BCUT2D eigenvalue weighted by molar-refractivity contribution is 7.89. The van der Waals surface area contributed by atoms with Gasteiger partial charge in [-0.2, -0.15) is 0 Å². The van der Waals surface area contributed by atoms with Gasteiger partial charge in [-0.3, -0.25) is 0 Å². The lowest BCUT2D eigenvalue weighted by Gasteiger charge is -2.48. The molecule has 4 aromatic rings. The van der Waals surface area contributed by atoms with Crippen LogP contribution in [0.1, 0.15) is 11.1 Å². The Hall–Kier alpha value is -3.77. The number of hydrogen-bond acceptors (Lipinski definition) is 6. The van der Waals surface area contributed by atoms with Crippen molar-refractivity contribution in [1.29, 1.82) is 0 Å². The van der Waals surface area contributed by atoms with Crippen LogP contribution in [0.2, 0.25) is 5.02 Å². The number of rotatable bonds is 6. The number of anilines is 3. The van der Waals surface area contributed by atoms with Crippen LogP contribution in [0.3, 0.4) is 0 Å². The first-order valence-electron chi connectivity index (χ1n) is 14.0. The zero-order valence-electron chi connectivity index (χ0n) is 23.3. The minimum atomic E-state index is -4.91. The average molecular weight is 644 g/mol. The van der Waals surface area contributed by atoms with Gasteiger partial charge in [-0.15, -0.1) is 13.2 Å². The van der Waals surface area contributed by atoms with Crippen molar-refractivity contribution in [3.63, 3.8) is 0 Å². The standard InChI is InChI=1S/C32H29ClF3N3O4S/c33-23-8-5-9-24(18-23)38-19-27(37-44(41,42)26-16-14-25(15-17-26)43-32(34,35)36)31(40)30(20-38)39-28-10-3-1-6-21(28)12-13-22-7-2-4-11-29(22)39/h1-11,14-18,27,30-31,37,40H,12-13,19-20H2/t27?,30-,31-/m0/s1. The van der Waals surface area contributed by atoms with Crippen LogP contribution in [-0.4, -0.2) is 51.2 Å². The molecule has 0 saturated carbocycles. The second-order valence-corrected chi connectivity index (χ2v) is 13.0. The average Bonchev–Trinajstić information content (AvgIpc) is 3.15. The minimum Gasteiger partial charge on any atom is -0.406 e. The van der Waals surface area contributed by atoms with Crippen molar-refractivity contribution >= 4 is 38.7 Å². The number of aliphatic hydroxyl groups excluding tert-OH is 1. The van der Waals surface area contributed by atoms with Gasteiger partial charge >= 0.3 is 6.36 Å². The molecule has 44 heavy (non-hydrogen) atoms. The van der Waals surface area contributed by atoms with E-state index in [1.165, 1.54) is 0 Å². The molecule has 6 rings (SSSR count). The van der Waals surface area contributed by atoms with E-state index in [-0.39, 0.29) is 11.4 Å². The third kappa shape index (κ3) is 6.37. The molecule has 4 aromatic carbocycles. The lowest BCUT2D eigenvalue weighted by molar-refractivity contribution is -0.274. The van der Waals surface area contributed by atoms with Crippen molar-refractivity contribution in [1.82, 2.24) is 4.72 Å². The lowest BCUT2D eigenvalue weighted by atomic mass is 9.94. The van der Waals surface area contributed by atoms with Crippen LogP contribution in [-0.2, 0) is 22.9 Å². The summed E-state index contributed by atoms with van der Waals surface area (Å²) in [6.07, 6.45) is -4.48. The highest BCUT2D eigenvalue weighted by atomic mass is 35.5. The van der Waals surface area contributed by atoms with Gasteiger partial charge in [0, 0.05) is 35.2 Å². The van der Waals surface area contributed by atoms with Crippen molar-refractivity contribution in [2.24, 2.45) is 0 Å². The zero-order valence-corrected chi connectivity index (χ0v) is 24.9. The minimum absolute atomic E-state index is 0.115. The predicted molar refractivity (Wildman–Crippen MR) is 163 cm³/mol. The van der Waals surface area contributed by atoms with Gasteiger partial charge in [0.15, 0.2) is 0 Å². The number of nitrogens with one attached hydrogen (secondary N) is 1. The van der Waals surface area contributed by atoms with Gasteiger partial charge in [-0.25, -0.2) is 13.1 Å². The molecule has 1 saturated heterocycles. The number of piperidine rings is 1. The molecule has 230 valence electrons. The maximum atomic E-state index is 13.5. The molecule has 0 spiro atoms. The molecule has 2 heterocycles. The second-order valence-electron chi connectivity index (χ2n) is 10.8. The Morgan fingerprint density at radius 3 is 2.05 bits per heavy atom. The second kappa shape index (κ2) is 12.0. The normalized spacial score (nSPS) is 20.4. The maximum Gasteiger partial charge on any atom is 0.573 e. The SMILES string of the molecule is O=S(=O)(NC1CN(c2cccc(Cl)c2)C[C@H](N2c3ccccc3CCc3ccccc32)[C@H]1O)c1ccc(OC(F)(F)F)cc1. The molecule has 2 aliphatic heterocycles. The first-order valence-corrected chi connectivity index (χ1v) is 15.9. The Morgan fingerprint density at radius 2 is 1.45 bits per heavy atom. The Bertz CT molecular complexity index is 1710. The number of benzene rings is 4. The summed E-state index contributed by atoms with van der Waals surface area (Å²) in [6.45, 7) is 0.468. The maximum absolute atomic E-state index is 13.5. The number of hydrogen-bond donors (Lipinski definition) is 2. The lowest BCUT2D eigenvalue weighted by Crippen LogP contribution is -2.65. The quantitative estimate of drug-likeness (QED) is 0.265. The molecule has 0 bridgehead atoms. The van der Waals surface area contributed by atoms with E-state index >= 15 is 0 Å². The number of para-hydroxylation sites is 2. The molecule has 3 atom stereocenters. The Kier molecular flexibility index (Phi) is 8.23. The van der Waals surface area contributed by atoms with Crippen molar-refractivity contribution in [2.75, 3.05) is 22.9 Å². The summed E-state index contributed by atoms with van der Waals surface area (Å²) in [5.74, 6) is -0.542. The van der Waals surface area contributed by atoms with Crippen molar-refractivity contribution in [2.45, 2.75) is 42.3 Å².